The summed E-state index contributed by atoms with van der Waals surface area (Å²) in [5.41, 5.74) is 1.87. The molecular formula is C16H15N3OS2. The van der Waals surface area contributed by atoms with Gasteiger partial charge in [0.15, 0.2) is 11.6 Å². The molecule has 2 heterocycles. The van der Waals surface area contributed by atoms with Gasteiger partial charge in [-0.3, -0.25) is 9.89 Å². The van der Waals surface area contributed by atoms with Crippen molar-refractivity contribution in [3.05, 3.63) is 52.9 Å². The maximum atomic E-state index is 12.4. The number of aryl methyl sites for hydroxylation is 1. The fourth-order valence-corrected chi connectivity index (χ4v) is 3.45. The van der Waals surface area contributed by atoms with Crippen molar-refractivity contribution >= 4 is 28.9 Å². The molecule has 22 heavy (non-hydrogen) atoms. The number of aromatic nitrogens is 3. The summed E-state index contributed by atoms with van der Waals surface area (Å²) in [4.78, 5) is 17.9. The number of benzene rings is 1. The van der Waals surface area contributed by atoms with E-state index in [-0.39, 0.29) is 11.0 Å². The Labute approximate surface area is 137 Å². The van der Waals surface area contributed by atoms with Crippen LogP contribution in [0.2, 0.25) is 0 Å². The molecule has 0 saturated heterocycles. The summed E-state index contributed by atoms with van der Waals surface area (Å²) in [6, 6.07) is 11.6. The molecule has 0 spiro atoms. The van der Waals surface area contributed by atoms with E-state index in [0.717, 1.165) is 21.8 Å². The molecule has 6 heteroatoms. The van der Waals surface area contributed by atoms with Crippen LogP contribution in [0.1, 0.15) is 22.8 Å². The molecule has 112 valence electrons. The van der Waals surface area contributed by atoms with Crippen LogP contribution in [0, 0.1) is 6.92 Å². The molecule has 0 radical (unpaired) electrons. The van der Waals surface area contributed by atoms with Gasteiger partial charge in [-0.25, -0.2) is 4.98 Å². The average Bonchev–Trinajstić information content (AvgIpc) is 3.18. The highest BCUT2D eigenvalue weighted by atomic mass is 32.2. The van der Waals surface area contributed by atoms with Gasteiger partial charge in [0.1, 0.15) is 0 Å². The molecule has 1 unspecified atom stereocenters. The Kier molecular flexibility index (Phi) is 4.40. The van der Waals surface area contributed by atoms with Crippen molar-refractivity contribution in [1.82, 2.24) is 15.2 Å². The van der Waals surface area contributed by atoms with Crippen LogP contribution in [-0.2, 0) is 0 Å². The molecule has 3 rings (SSSR count). The number of nitrogens with zero attached hydrogens (tertiary/aromatic N) is 2. The average molecular weight is 329 g/mol. The van der Waals surface area contributed by atoms with Crippen LogP contribution < -0.4 is 0 Å². The molecule has 0 aliphatic heterocycles. The van der Waals surface area contributed by atoms with Gasteiger partial charge in [0, 0.05) is 5.56 Å². The van der Waals surface area contributed by atoms with Crippen LogP contribution in [0.25, 0.3) is 10.7 Å². The van der Waals surface area contributed by atoms with Crippen molar-refractivity contribution in [3.8, 4) is 10.7 Å². The number of nitrogens with one attached hydrogen (secondary N) is 1. The molecule has 1 N–H and O–H groups in total. The van der Waals surface area contributed by atoms with Gasteiger partial charge in [-0.05, 0) is 25.3 Å². The predicted octanol–water partition coefficient (Wildman–Crippen LogP) is 4.21. The van der Waals surface area contributed by atoms with E-state index in [1.54, 1.807) is 11.3 Å². The highest BCUT2D eigenvalue weighted by Crippen LogP contribution is 2.26. The van der Waals surface area contributed by atoms with Crippen molar-refractivity contribution in [2.45, 2.75) is 24.3 Å². The first kappa shape index (κ1) is 15.0. The first-order valence-electron chi connectivity index (χ1n) is 6.87. The van der Waals surface area contributed by atoms with E-state index in [1.807, 2.05) is 55.6 Å². The van der Waals surface area contributed by atoms with Crippen LogP contribution in [-0.4, -0.2) is 26.2 Å². The number of carbonyl (C=O) groups is 1. The molecule has 1 aromatic carbocycles. The number of thiophene rings is 1. The van der Waals surface area contributed by atoms with E-state index >= 15 is 0 Å². The summed E-state index contributed by atoms with van der Waals surface area (Å²) < 4.78 is 0. The Hall–Kier alpha value is -1.92. The molecule has 0 aliphatic carbocycles. The van der Waals surface area contributed by atoms with Crippen LogP contribution in [0.5, 0.6) is 0 Å². The SMILES string of the molecule is Cc1ccc(C(=O)C(C)Sc2n[nH]c(-c3cccs3)n2)cc1. The first-order chi connectivity index (χ1) is 10.6. The maximum absolute atomic E-state index is 12.4. The monoisotopic (exact) mass is 329 g/mol. The summed E-state index contributed by atoms with van der Waals surface area (Å²) in [6.07, 6.45) is 0. The molecule has 0 amide bonds. The normalized spacial score (nSPS) is 12.3. The quantitative estimate of drug-likeness (QED) is 0.563. The summed E-state index contributed by atoms with van der Waals surface area (Å²) in [5, 5.41) is 9.46. The zero-order valence-corrected chi connectivity index (χ0v) is 13.9. The fourth-order valence-electron chi connectivity index (χ4n) is 1.99. The minimum atomic E-state index is -0.227. The Bertz CT molecular complexity index is 763. The molecule has 0 saturated carbocycles. The molecule has 2 aromatic heterocycles. The predicted molar refractivity (Wildman–Crippen MR) is 90.5 cm³/mol. The third kappa shape index (κ3) is 3.28. The molecule has 0 bridgehead atoms. The van der Waals surface area contributed by atoms with Gasteiger partial charge in [-0.1, -0.05) is 47.7 Å². The Morgan fingerprint density at radius 1 is 1.27 bits per heavy atom. The zero-order valence-electron chi connectivity index (χ0n) is 12.2. The Balaban J connectivity index is 1.70. The van der Waals surface area contributed by atoms with E-state index in [4.69, 9.17) is 0 Å². The Morgan fingerprint density at radius 3 is 2.73 bits per heavy atom. The van der Waals surface area contributed by atoms with Crippen LogP contribution in [0.3, 0.4) is 0 Å². The summed E-state index contributed by atoms with van der Waals surface area (Å²) in [7, 11) is 0. The first-order valence-corrected chi connectivity index (χ1v) is 8.63. The number of thioether (sulfide) groups is 1. The number of H-pyrrole nitrogens is 1. The lowest BCUT2D eigenvalue weighted by Crippen LogP contribution is -2.13. The van der Waals surface area contributed by atoms with Gasteiger partial charge in [0.05, 0.1) is 10.1 Å². The van der Waals surface area contributed by atoms with Crippen LogP contribution >= 0.6 is 23.1 Å². The van der Waals surface area contributed by atoms with Gasteiger partial charge in [-0.15, -0.1) is 16.4 Å². The van der Waals surface area contributed by atoms with Gasteiger partial charge in [0.25, 0.3) is 0 Å². The van der Waals surface area contributed by atoms with Gasteiger partial charge in [0.2, 0.25) is 5.16 Å². The van der Waals surface area contributed by atoms with E-state index in [0.29, 0.717) is 5.16 Å². The third-order valence-corrected chi connectivity index (χ3v) is 5.04. The smallest absolute Gasteiger partial charge is 0.209 e. The highest BCUT2D eigenvalue weighted by Gasteiger charge is 2.19. The van der Waals surface area contributed by atoms with Crippen molar-refractivity contribution in [1.29, 1.82) is 0 Å². The lowest BCUT2D eigenvalue weighted by atomic mass is 10.1. The lowest BCUT2D eigenvalue weighted by molar-refractivity contribution is 0.0994. The third-order valence-electron chi connectivity index (χ3n) is 3.21. The molecular weight excluding hydrogens is 314 g/mol. The number of hydrogen-bond acceptors (Lipinski definition) is 5. The largest absolute Gasteiger partial charge is 0.293 e. The van der Waals surface area contributed by atoms with Crippen molar-refractivity contribution in [3.63, 3.8) is 0 Å². The van der Waals surface area contributed by atoms with Crippen molar-refractivity contribution in [2.24, 2.45) is 0 Å². The standard InChI is InChI=1S/C16H15N3OS2/c1-10-5-7-12(8-6-10)14(20)11(2)22-16-17-15(18-19-16)13-4-3-9-21-13/h3-9,11H,1-2H3,(H,17,18,19). The van der Waals surface area contributed by atoms with E-state index in [1.165, 1.54) is 11.8 Å². The number of hydrogen-bond donors (Lipinski definition) is 1. The van der Waals surface area contributed by atoms with E-state index in [9.17, 15) is 4.79 Å². The second-order valence-electron chi connectivity index (χ2n) is 4.93. The number of carbonyl (C=O) groups excluding carboxylic acids is 1. The second-order valence-corrected chi connectivity index (χ2v) is 7.19. The van der Waals surface area contributed by atoms with Crippen LogP contribution in [0.4, 0.5) is 0 Å². The molecule has 0 aliphatic rings. The van der Waals surface area contributed by atoms with Gasteiger partial charge in [-0.2, -0.15) is 0 Å². The zero-order chi connectivity index (χ0) is 15.5. The number of Topliss-reactive ketones (excluding diaryl/α,β-unsaturated/α-hetero) is 1. The molecule has 4 nitrogen and oxygen atoms in total. The minimum absolute atomic E-state index is 0.0903. The van der Waals surface area contributed by atoms with Gasteiger partial charge < -0.3 is 0 Å². The summed E-state index contributed by atoms with van der Waals surface area (Å²) in [6.45, 7) is 3.89. The molecule has 3 aromatic rings. The molecule has 1 atom stereocenters. The number of ketones is 1. The maximum Gasteiger partial charge on any atom is 0.209 e. The highest BCUT2D eigenvalue weighted by molar-refractivity contribution is 8.00. The molecule has 0 fully saturated rings. The van der Waals surface area contributed by atoms with Crippen LogP contribution in [0.15, 0.2) is 46.9 Å². The van der Waals surface area contributed by atoms with Crippen molar-refractivity contribution in [2.75, 3.05) is 0 Å². The fraction of sp³-hybridized carbons (Fsp3) is 0.188. The van der Waals surface area contributed by atoms with Gasteiger partial charge >= 0.3 is 0 Å². The minimum Gasteiger partial charge on any atom is -0.293 e. The Morgan fingerprint density at radius 2 is 2.05 bits per heavy atom. The lowest BCUT2D eigenvalue weighted by Gasteiger charge is -2.07. The topological polar surface area (TPSA) is 58.6 Å². The van der Waals surface area contributed by atoms with E-state index in [2.05, 4.69) is 15.2 Å². The number of aromatic amines is 1. The number of rotatable bonds is 5. The second kappa shape index (κ2) is 6.46. The van der Waals surface area contributed by atoms with E-state index < -0.39 is 0 Å². The van der Waals surface area contributed by atoms with Crippen molar-refractivity contribution < 1.29 is 4.79 Å². The summed E-state index contributed by atoms with van der Waals surface area (Å²) >= 11 is 2.97. The summed E-state index contributed by atoms with van der Waals surface area (Å²) in [5.74, 6) is 0.833.